The minimum Gasteiger partial charge on any atom is -0.394 e. The van der Waals surface area contributed by atoms with E-state index in [4.69, 9.17) is 33.7 Å². The van der Waals surface area contributed by atoms with E-state index in [1.165, 1.54) is 0 Å². The maximum atomic E-state index is 9.93. The molecule has 0 aliphatic rings. The molecule has 0 aliphatic heterocycles. The first kappa shape index (κ1) is 32.3. The van der Waals surface area contributed by atoms with E-state index < -0.39 is 10.4 Å². The summed E-state index contributed by atoms with van der Waals surface area (Å²) in [5.41, 5.74) is 0. The van der Waals surface area contributed by atoms with Crippen LogP contribution in [0, 0.1) is 0 Å². The van der Waals surface area contributed by atoms with Crippen LogP contribution < -0.4 is 0 Å². The van der Waals surface area contributed by atoms with Gasteiger partial charge < -0.3 is 29.2 Å². The standard InChI is InChI=1S/C8H18O5.C5H12O4S.C4H10O/c9-1-3-11-5-7-13-8-6-12-4-2-10;1-2-3-4-5-9-10(6,7)8;1-3-5-4-2/h9-10H,1-8H2;2-5H2,1H3,(H,6,7,8);3-4H2,1-2H3. The van der Waals surface area contributed by atoms with Crippen molar-refractivity contribution in [2.45, 2.75) is 40.0 Å². The Balaban J connectivity index is -0.000000368. The molecule has 0 amide bonds. The van der Waals surface area contributed by atoms with Crippen LogP contribution in [0.4, 0.5) is 0 Å². The second-order valence-electron chi connectivity index (χ2n) is 5.02. The smallest absolute Gasteiger partial charge is 0.394 e. The van der Waals surface area contributed by atoms with Gasteiger partial charge in [0.05, 0.1) is 59.5 Å². The Kier molecular flexibility index (Phi) is 33.3. The molecule has 0 heterocycles. The van der Waals surface area contributed by atoms with Gasteiger partial charge in [0.2, 0.25) is 0 Å². The van der Waals surface area contributed by atoms with Crippen molar-refractivity contribution in [3.63, 3.8) is 0 Å². The SMILES string of the molecule is CCCCCOS(=O)(=O)O.CCOCC.OCCOCCOCCOCCO. The van der Waals surface area contributed by atoms with Gasteiger partial charge in [-0.15, -0.1) is 0 Å². The van der Waals surface area contributed by atoms with Crippen molar-refractivity contribution in [3.8, 4) is 0 Å². The highest BCUT2D eigenvalue weighted by atomic mass is 32.3. The van der Waals surface area contributed by atoms with Gasteiger partial charge in [0, 0.05) is 13.2 Å². The third-order valence-electron chi connectivity index (χ3n) is 2.60. The Morgan fingerprint density at radius 1 is 0.643 bits per heavy atom. The first-order valence-electron chi connectivity index (χ1n) is 9.53. The minimum atomic E-state index is -4.20. The molecule has 0 bridgehead atoms. The zero-order valence-electron chi connectivity index (χ0n) is 17.5. The summed E-state index contributed by atoms with van der Waals surface area (Å²) in [6, 6.07) is 0. The third-order valence-corrected chi connectivity index (χ3v) is 3.07. The molecule has 0 radical (unpaired) electrons. The number of ether oxygens (including phenoxy) is 4. The molecule has 0 aliphatic carbocycles. The molecule has 0 spiro atoms. The van der Waals surface area contributed by atoms with Crippen molar-refractivity contribution in [3.05, 3.63) is 0 Å². The lowest BCUT2D eigenvalue weighted by atomic mass is 10.3. The van der Waals surface area contributed by atoms with Gasteiger partial charge in [0.15, 0.2) is 0 Å². The highest BCUT2D eigenvalue weighted by molar-refractivity contribution is 7.80. The molecular weight excluding hydrogens is 396 g/mol. The van der Waals surface area contributed by atoms with Crippen LogP contribution in [0.25, 0.3) is 0 Å². The molecule has 0 fully saturated rings. The van der Waals surface area contributed by atoms with E-state index in [1.807, 2.05) is 20.8 Å². The van der Waals surface area contributed by atoms with Gasteiger partial charge in [0.25, 0.3) is 0 Å². The van der Waals surface area contributed by atoms with E-state index in [0.29, 0.717) is 46.1 Å². The normalized spacial score (nSPS) is 10.6. The van der Waals surface area contributed by atoms with Crippen molar-refractivity contribution in [2.75, 3.05) is 72.7 Å². The lowest BCUT2D eigenvalue weighted by Crippen LogP contribution is -2.11. The van der Waals surface area contributed by atoms with E-state index in [-0.39, 0.29) is 19.8 Å². The number of aliphatic hydroxyl groups is 2. The fourth-order valence-electron chi connectivity index (χ4n) is 1.39. The molecular formula is C17H40O10S. The molecule has 0 aromatic carbocycles. The largest absolute Gasteiger partial charge is 0.397 e. The molecule has 0 unspecified atom stereocenters. The quantitative estimate of drug-likeness (QED) is 0.224. The van der Waals surface area contributed by atoms with Gasteiger partial charge in [0.1, 0.15) is 0 Å². The Morgan fingerprint density at radius 2 is 1.07 bits per heavy atom. The molecule has 10 nitrogen and oxygen atoms in total. The molecule has 11 heteroatoms. The fraction of sp³-hybridized carbons (Fsp3) is 1.00. The molecule has 0 atom stereocenters. The summed E-state index contributed by atoms with van der Waals surface area (Å²) in [6.45, 7) is 10.5. The van der Waals surface area contributed by atoms with E-state index in [2.05, 4.69) is 4.18 Å². The molecule has 28 heavy (non-hydrogen) atoms. The van der Waals surface area contributed by atoms with Crippen molar-refractivity contribution in [1.29, 1.82) is 0 Å². The Labute approximate surface area is 170 Å². The van der Waals surface area contributed by atoms with Gasteiger partial charge >= 0.3 is 10.4 Å². The van der Waals surface area contributed by atoms with Crippen LogP contribution in [0.15, 0.2) is 0 Å². The van der Waals surface area contributed by atoms with Crippen LogP contribution in [0.2, 0.25) is 0 Å². The molecule has 0 saturated carbocycles. The van der Waals surface area contributed by atoms with Gasteiger partial charge in [-0.25, -0.2) is 4.18 Å². The topological polar surface area (TPSA) is 141 Å². The zero-order valence-corrected chi connectivity index (χ0v) is 18.3. The van der Waals surface area contributed by atoms with Gasteiger partial charge in [-0.05, 0) is 20.3 Å². The summed E-state index contributed by atoms with van der Waals surface area (Å²) >= 11 is 0. The number of unbranched alkanes of at least 4 members (excludes halogenated alkanes) is 2. The average Bonchev–Trinajstić information content (AvgIpc) is 2.65. The van der Waals surface area contributed by atoms with Crippen molar-refractivity contribution < 1.29 is 46.3 Å². The van der Waals surface area contributed by atoms with Crippen molar-refractivity contribution in [1.82, 2.24) is 0 Å². The Hall–Kier alpha value is -0.370. The van der Waals surface area contributed by atoms with Crippen LogP contribution in [-0.4, -0.2) is 95.9 Å². The number of aliphatic hydroxyl groups excluding tert-OH is 2. The molecule has 174 valence electrons. The summed E-state index contributed by atoms with van der Waals surface area (Å²) in [5.74, 6) is 0. The summed E-state index contributed by atoms with van der Waals surface area (Å²) < 4.78 is 51.8. The maximum Gasteiger partial charge on any atom is 0.397 e. The van der Waals surface area contributed by atoms with E-state index >= 15 is 0 Å². The van der Waals surface area contributed by atoms with Crippen LogP contribution in [-0.2, 0) is 33.5 Å². The van der Waals surface area contributed by atoms with Crippen molar-refractivity contribution in [2.24, 2.45) is 0 Å². The Morgan fingerprint density at radius 3 is 1.36 bits per heavy atom. The third kappa shape index (κ3) is 44.8. The lowest BCUT2D eigenvalue weighted by Gasteiger charge is -2.04. The highest BCUT2D eigenvalue weighted by Crippen LogP contribution is 1.96. The summed E-state index contributed by atoms with van der Waals surface area (Å²) in [4.78, 5) is 0. The first-order chi connectivity index (χ1) is 13.4. The summed E-state index contributed by atoms with van der Waals surface area (Å²) in [6.07, 6.45) is 2.57. The number of hydrogen-bond donors (Lipinski definition) is 3. The number of rotatable bonds is 17. The maximum absolute atomic E-state index is 9.93. The molecule has 0 saturated heterocycles. The fourth-order valence-corrected chi connectivity index (χ4v) is 1.72. The van der Waals surface area contributed by atoms with E-state index in [1.54, 1.807) is 0 Å². The average molecular weight is 437 g/mol. The van der Waals surface area contributed by atoms with Crippen molar-refractivity contribution >= 4 is 10.4 Å². The predicted octanol–water partition coefficient (Wildman–Crippen LogP) is 1.06. The second-order valence-corrected chi connectivity index (χ2v) is 6.11. The van der Waals surface area contributed by atoms with Crippen LogP contribution in [0.5, 0.6) is 0 Å². The number of hydrogen-bond acceptors (Lipinski definition) is 9. The first-order valence-corrected chi connectivity index (χ1v) is 10.9. The summed E-state index contributed by atoms with van der Waals surface area (Å²) in [5, 5.41) is 16.7. The molecule has 0 aromatic rings. The minimum absolute atomic E-state index is 0.0413. The molecule has 0 aromatic heterocycles. The van der Waals surface area contributed by atoms with Gasteiger partial charge in [-0.2, -0.15) is 8.42 Å². The Bertz CT molecular complexity index is 340. The summed E-state index contributed by atoms with van der Waals surface area (Å²) in [7, 11) is -4.20. The van der Waals surface area contributed by atoms with Crippen LogP contribution in [0.3, 0.4) is 0 Å². The van der Waals surface area contributed by atoms with Gasteiger partial charge in [-0.3, -0.25) is 4.55 Å². The predicted molar refractivity (Wildman–Crippen MR) is 106 cm³/mol. The molecule has 0 rings (SSSR count). The second kappa shape index (κ2) is 28.8. The van der Waals surface area contributed by atoms with E-state index in [9.17, 15) is 8.42 Å². The van der Waals surface area contributed by atoms with Gasteiger partial charge in [-0.1, -0.05) is 19.8 Å². The lowest BCUT2D eigenvalue weighted by molar-refractivity contribution is 0.00230. The van der Waals surface area contributed by atoms with Crippen LogP contribution in [0.1, 0.15) is 40.0 Å². The monoisotopic (exact) mass is 436 g/mol. The van der Waals surface area contributed by atoms with Crippen LogP contribution >= 0.6 is 0 Å². The van der Waals surface area contributed by atoms with E-state index in [0.717, 1.165) is 26.1 Å². The molecule has 3 N–H and O–H groups in total. The zero-order chi connectivity index (χ0) is 21.9. The highest BCUT2D eigenvalue weighted by Gasteiger charge is 2.01.